The summed E-state index contributed by atoms with van der Waals surface area (Å²) in [5.74, 6) is 0.644. The van der Waals surface area contributed by atoms with Crippen LogP contribution in [-0.4, -0.2) is 44.8 Å². The smallest absolute Gasteiger partial charge is 0.338 e. The third kappa shape index (κ3) is 4.92. The fourth-order valence-electron chi connectivity index (χ4n) is 2.70. The van der Waals surface area contributed by atoms with Crippen molar-refractivity contribution in [1.82, 2.24) is 0 Å². The summed E-state index contributed by atoms with van der Waals surface area (Å²) in [6, 6.07) is 7.70. The van der Waals surface area contributed by atoms with E-state index in [-0.39, 0.29) is 22.5 Å². The van der Waals surface area contributed by atoms with E-state index in [1.165, 1.54) is 19.2 Å². The van der Waals surface area contributed by atoms with E-state index < -0.39 is 12.6 Å². The molecule has 0 aromatic heterocycles. The Labute approximate surface area is 173 Å². The molecule has 0 fully saturated rings. The number of ketones is 1. The maximum Gasteiger partial charge on any atom is 0.338 e. The van der Waals surface area contributed by atoms with E-state index in [9.17, 15) is 9.59 Å². The summed E-state index contributed by atoms with van der Waals surface area (Å²) in [5.41, 5.74) is 0.510. The third-order valence-corrected chi connectivity index (χ3v) is 4.30. The van der Waals surface area contributed by atoms with E-state index in [4.69, 9.17) is 35.3 Å². The number of Topliss-reactive ketones (excluding diaryl/α,β-unsaturated/α-hetero) is 1. The Morgan fingerprint density at radius 1 is 1.07 bits per heavy atom. The molecule has 0 bridgehead atoms. The maximum absolute atomic E-state index is 12.4. The molecule has 154 valence electrons. The highest BCUT2D eigenvalue weighted by Crippen LogP contribution is 2.37. The van der Waals surface area contributed by atoms with Crippen LogP contribution in [-0.2, 0) is 4.74 Å². The number of hydrogen-bond acceptors (Lipinski definition) is 7. The molecule has 29 heavy (non-hydrogen) atoms. The molecule has 0 unspecified atom stereocenters. The molecule has 1 aliphatic heterocycles. The Hall–Kier alpha value is -2.93. The molecule has 0 spiro atoms. The summed E-state index contributed by atoms with van der Waals surface area (Å²) in [4.78, 5) is 24.8. The maximum atomic E-state index is 12.4. The predicted molar refractivity (Wildman–Crippen MR) is 106 cm³/mol. The number of rotatable bonds is 7. The predicted octanol–water partition coefficient (Wildman–Crippen LogP) is 3.95. The summed E-state index contributed by atoms with van der Waals surface area (Å²) in [6.45, 7) is 4.15. The van der Waals surface area contributed by atoms with Crippen LogP contribution in [0, 0.1) is 0 Å². The van der Waals surface area contributed by atoms with Crippen molar-refractivity contribution in [2.45, 2.75) is 20.0 Å². The summed E-state index contributed by atoms with van der Waals surface area (Å²) in [7, 11) is 1.44. The monoisotopic (exact) mass is 420 g/mol. The van der Waals surface area contributed by atoms with E-state index >= 15 is 0 Å². The van der Waals surface area contributed by atoms with Crippen LogP contribution in [0.3, 0.4) is 0 Å². The molecular weight excluding hydrogens is 400 g/mol. The van der Waals surface area contributed by atoms with Gasteiger partial charge < -0.3 is 23.7 Å². The summed E-state index contributed by atoms with van der Waals surface area (Å²) in [6.07, 6.45) is -0.122. The quantitative estimate of drug-likeness (QED) is 0.495. The first-order valence-electron chi connectivity index (χ1n) is 9.03. The largest absolute Gasteiger partial charge is 0.493 e. The average Bonchev–Trinajstić information content (AvgIpc) is 2.72. The van der Waals surface area contributed by atoms with Crippen molar-refractivity contribution in [1.29, 1.82) is 0 Å². The van der Waals surface area contributed by atoms with Crippen molar-refractivity contribution in [3.8, 4) is 23.0 Å². The molecule has 3 rings (SSSR count). The number of hydrogen-bond donors (Lipinski definition) is 0. The van der Waals surface area contributed by atoms with Crippen LogP contribution >= 0.6 is 11.6 Å². The lowest BCUT2D eigenvalue weighted by molar-refractivity contribution is 0.0474. The van der Waals surface area contributed by atoms with E-state index in [1.54, 1.807) is 18.2 Å². The number of carbonyl (C=O) groups excluding carboxylic acids is 2. The minimum Gasteiger partial charge on any atom is -0.493 e. The van der Waals surface area contributed by atoms with Crippen LogP contribution in [0.1, 0.15) is 34.6 Å². The number of ether oxygens (including phenoxy) is 5. The standard InChI is InChI=1S/C21H21ClO7/c1-12(2)29-20-15(22)8-14(10-19(20)25-3)21(24)28-11-16(23)13-4-5-17-18(9-13)27-7-6-26-17/h4-5,8-10,12H,6-7,11H2,1-3H3. The van der Waals surface area contributed by atoms with Gasteiger partial charge in [-0.05, 0) is 44.2 Å². The Balaban J connectivity index is 1.69. The second kappa shape index (κ2) is 9.05. The van der Waals surface area contributed by atoms with Crippen molar-refractivity contribution in [3.05, 3.63) is 46.5 Å². The van der Waals surface area contributed by atoms with Crippen LogP contribution in [0.4, 0.5) is 0 Å². The van der Waals surface area contributed by atoms with Gasteiger partial charge in [-0.15, -0.1) is 0 Å². The van der Waals surface area contributed by atoms with Gasteiger partial charge in [0.2, 0.25) is 0 Å². The van der Waals surface area contributed by atoms with Gasteiger partial charge in [0.05, 0.1) is 23.8 Å². The molecular formula is C21H21ClO7. The number of esters is 1. The highest BCUT2D eigenvalue weighted by atomic mass is 35.5. The first-order chi connectivity index (χ1) is 13.9. The van der Waals surface area contributed by atoms with Gasteiger partial charge in [0, 0.05) is 5.56 Å². The Morgan fingerprint density at radius 3 is 2.48 bits per heavy atom. The van der Waals surface area contributed by atoms with Crippen molar-refractivity contribution in [2.24, 2.45) is 0 Å². The lowest BCUT2D eigenvalue weighted by Crippen LogP contribution is -2.17. The molecule has 8 heteroatoms. The van der Waals surface area contributed by atoms with Crippen molar-refractivity contribution < 1.29 is 33.3 Å². The number of halogens is 1. The van der Waals surface area contributed by atoms with Gasteiger partial charge in [-0.3, -0.25) is 4.79 Å². The first kappa shape index (κ1) is 20.8. The van der Waals surface area contributed by atoms with Gasteiger partial charge >= 0.3 is 5.97 Å². The van der Waals surface area contributed by atoms with Crippen molar-refractivity contribution in [2.75, 3.05) is 26.9 Å². The SMILES string of the molecule is COc1cc(C(=O)OCC(=O)c2ccc3c(c2)OCCO3)cc(Cl)c1OC(C)C. The molecule has 2 aromatic carbocycles. The van der Waals surface area contributed by atoms with Gasteiger partial charge in [-0.1, -0.05) is 11.6 Å². The molecule has 0 N–H and O–H groups in total. The van der Waals surface area contributed by atoms with Gasteiger partial charge in [0.1, 0.15) is 13.2 Å². The molecule has 1 aliphatic rings. The third-order valence-electron chi connectivity index (χ3n) is 4.02. The highest BCUT2D eigenvalue weighted by molar-refractivity contribution is 6.32. The molecule has 7 nitrogen and oxygen atoms in total. The normalized spacial score (nSPS) is 12.4. The Bertz CT molecular complexity index is 923. The molecule has 2 aromatic rings. The van der Waals surface area contributed by atoms with Crippen LogP contribution in [0.25, 0.3) is 0 Å². The van der Waals surface area contributed by atoms with Crippen LogP contribution in [0.15, 0.2) is 30.3 Å². The Kier molecular flexibility index (Phi) is 6.49. The molecule has 0 saturated carbocycles. The minimum absolute atomic E-state index is 0.122. The van der Waals surface area contributed by atoms with E-state index in [1.807, 2.05) is 13.8 Å². The molecule has 0 amide bonds. The zero-order chi connectivity index (χ0) is 21.0. The van der Waals surface area contributed by atoms with Crippen molar-refractivity contribution >= 4 is 23.4 Å². The fourth-order valence-corrected chi connectivity index (χ4v) is 2.96. The number of methoxy groups -OCH3 is 1. The van der Waals surface area contributed by atoms with E-state index in [0.29, 0.717) is 41.8 Å². The molecule has 0 saturated heterocycles. The second-order valence-electron chi connectivity index (χ2n) is 6.51. The summed E-state index contributed by atoms with van der Waals surface area (Å²) in [5, 5.41) is 0.211. The summed E-state index contributed by atoms with van der Waals surface area (Å²) >= 11 is 6.22. The second-order valence-corrected chi connectivity index (χ2v) is 6.92. The summed E-state index contributed by atoms with van der Waals surface area (Å²) < 4.78 is 26.9. The zero-order valence-corrected chi connectivity index (χ0v) is 17.1. The van der Waals surface area contributed by atoms with Gasteiger partial charge in [0.15, 0.2) is 35.4 Å². The Morgan fingerprint density at radius 2 is 1.79 bits per heavy atom. The van der Waals surface area contributed by atoms with Crippen LogP contribution < -0.4 is 18.9 Å². The molecule has 0 aliphatic carbocycles. The number of benzene rings is 2. The molecule has 1 heterocycles. The van der Waals surface area contributed by atoms with E-state index in [0.717, 1.165) is 0 Å². The lowest BCUT2D eigenvalue weighted by atomic mass is 10.1. The fraction of sp³-hybridized carbons (Fsp3) is 0.333. The minimum atomic E-state index is -0.702. The zero-order valence-electron chi connectivity index (χ0n) is 16.3. The number of fused-ring (bicyclic) bond motifs is 1. The van der Waals surface area contributed by atoms with E-state index in [2.05, 4.69) is 0 Å². The molecule has 0 atom stereocenters. The average molecular weight is 421 g/mol. The number of carbonyl (C=O) groups is 2. The van der Waals surface area contributed by atoms with Crippen molar-refractivity contribution in [3.63, 3.8) is 0 Å². The van der Waals surface area contributed by atoms with Crippen LogP contribution in [0.2, 0.25) is 5.02 Å². The topological polar surface area (TPSA) is 80.3 Å². The molecule has 0 radical (unpaired) electrons. The lowest BCUT2D eigenvalue weighted by Gasteiger charge is -2.18. The van der Waals surface area contributed by atoms with Gasteiger partial charge in [-0.25, -0.2) is 4.79 Å². The van der Waals surface area contributed by atoms with Gasteiger partial charge in [0.25, 0.3) is 0 Å². The van der Waals surface area contributed by atoms with Crippen LogP contribution in [0.5, 0.6) is 23.0 Å². The first-order valence-corrected chi connectivity index (χ1v) is 9.41. The highest BCUT2D eigenvalue weighted by Gasteiger charge is 2.20. The van der Waals surface area contributed by atoms with Gasteiger partial charge in [-0.2, -0.15) is 0 Å².